The van der Waals surface area contributed by atoms with Crippen molar-refractivity contribution in [3.05, 3.63) is 157 Å². The second-order valence-corrected chi connectivity index (χ2v) is 14.6. The number of rotatable bonds is 14. The fourth-order valence-corrected chi connectivity index (χ4v) is 7.26. The zero-order chi connectivity index (χ0) is 43.3. The Hall–Kier alpha value is -8.52. The van der Waals surface area contributed by atoms with E-state index in [1.807, 2.05) is 97.9 Å². The maximum atomic E-state index is 6.58. The van der Waals surface area contributed by atoms with E-state index >= 15 is 0 Å². The molecule has 3 heterocycles. The molecule has 3 aromatic heterocycles. The zero-order valence-electron chi connectivity index (χ0n) is 34.9. The maximum Gasteiger partial charge on any atom is 0.181 e. The molecule has 0 saturated carbocycles. The van der Waals surface area contributed by atoms with E-state index < -0.39 is 0 Å². The third kappa shape index (κ3) is 8.32. The van der Waals surface area contributed by atoms with Gasteiger partial charge in [0.25, 0.3) is 0 Å². The van der Waals surface area contributed by atoms with E-state index in [4.69, 9.17) is 29.9 Å². The molecule has 0 bridgehead atoms. The van der Waals surface area contributed by atoms with Crippen LogP contribution in [0.2, 0.25) is 0 Å². The monoisotopic (exact) mass is 833 g/mol. The summed E-state index contributed by atoms with van der Waals surface area (Å²) < 4.78 is 17.0. The number of ether oxygens (including phenoxy) is 3. The maximum absolute atomic E-state index is 6.58. The molecular formula is C49H43N11O3. The molecule has 1 atom stereocenters. The first-order valence-electron chi connectivity index (χ1n) is 20.1. The molecule has 0 amide bonds. The second-order valence-electron chi connectivity index (χ2n) is 14.6. The van der Waals surface area contributed by atoms with E-state index in [9.17, 15) is 0 Å². The largest absolute Gasteiger partial charge is 0.496 e. The highest BCUT2D eigenvalue weighted by molar-refractivity contribution is 6.01. The summed E-state index contributed by atoms with van der Waals surface area (Å²) in [7, 11) is 4.81. The average molecular weight is 834 g/mol. The lowest BCUT2D eigenvalue weighted by Gasteiger charge is -2.16. The number of methoxy groups -OCH3 is 3. The standard InChI is InChI=1S/C49H43N11O3/c1-29(53-56-45(50)37-26-39(44(63-4)28-43(37)62-3)49-52-47(58-60-49)35-13-9-6-10-14-35)30-15-17-31(18-16-30)32-19-21-33(22-20-32)40-27-41(55-54-40)36-23-24-42(61-2)38(25-36)48-51-46(57-59-48)34-11-7-5-8-12-34/h5-29,53H,1-4H3,(H2,50,56)(H,54,55)(H,51,57,59)(H,52,58,60). The quantitative estimate of drug-likeness (QED) is 0.0401. The van der Waals surface area contributed by atoms with E-state index in [2.05, 4.69) is 89.7 Å². The third-order valence-electron chi connectivity index (χ3n) is 10.7. The number of nitrogens with zero attached hydrogens (tertiary/aromatic N) is 6. The van der Waals surface area contributed by atoms with E-state index in [1.54, 1.807) is 27.4 Å². The minimum atomic E-state index is -0.148. The predicted molar refractivity (Wildman–Crippen MR) is 245 cm³/mol. The number of hydrogen-bond donors (Lipinski definition) is 5. The molecule has 6 N–H and O–H groups in total. The van der Waals surface area contributed by atoms with Gasteiger partial charge in [0.2, 0.25) is 0 Å². The van der Waals surface area contributed by atoms with Gasteiger partial charge in [-0.25, -0.2) is 9.97 Å². The minimum absolute atomic E-state index is 0.148. The molecule has 63 heavy (non-hydrogen) atoms. The van der Waals surface area contributed by atoms with Crippen molar-refractivity contribution in [3.63, 3.8) is 0 Å². The van der Waals surface area contributed by atoms with E-state index in [0.29, 0.717) is 51.7 Å². The lowest BCUT2D eigenvalue weighted by atomic mass is 10.00. The number of hydrazone groups is 1. The Labute approximate surface area is 363 Å². The van der Waals surface area contributed by atoms with Gasteiger partial charge in [-0.3, -0.25) is 15.3 Å². The lowest BCUT2D eigenvalue weighted by molar-refractivity contribution is 0.394. The molecule has 14 heteroatoms. The van der Waals surface area contributed by atoms with Gasteiger partial charge in [-0.2, -0.15) is 20.4 Å². The van der Waals surface area contributed by atoms with Crippen LogP contribution in [0.1, 0.15) is 24.1 Å². The van der Waals surface area contributed by atoms with Crippen molar-refractivity contribution < 1.29 is 14.2 Å². The molecular weight excluding hydrogens is 791 g/mol. The Morgan fingerprint density at radius 1 is 0.540 bits per heavy atom. The van der Waals surface area contributed by atoms with Crippen LogP contribution in [0.15, 0.2) is 151 Å². The van der Waals surface area contributed by atoms with Crippen molar-refractivity contribution >= 4 is 5.84 Å². The van der Waals surface area contributed by atoms with Crippen LogP contribution in [0.3, 0.4) is 0 Å². The van der Waals surface area contributed by atoms with Crippen LogP contribution in [-0.4, -0.2) is 67.7 Å². The van der Waals surface area contributed by atoms with Gasteiger partial charge in [-0.15, -0.1) is 0 Å². The zero-order valence-corrected chi connectivity index (χ0v) is 34.9. The molecule has 0 aliphatic carbocycles. The molecule has 14 nitrogen and oxygen atoms in total. The molecule has 0 aliphatic heterocycles. The Kier molecular flexibility index (Phi) is 11.2. The summed E-state index contributed by atoms with van der Waals surface area (Å²) in [6.07, 6.45) is 0. The van der Waals surface area contributed by atoms with Crippen LogP contribution in [0, 0.1) is 0 Å². The number of benzene rings is 6. The fraction of sp³-hybridized carbons (Fsp3) is 0.102. The first kappa shape index (κ1) is 39.9. The van der Waals surface area contributed by atoms with Crippen molar-refractivity contribution in [2.75, 3.05) is 21.3 Å². The molecule has 9 rings (SSSR count). The molecule has 0 aliphatic rings. The van der Waals surface area contributed by atoms with Gasteiger partial charge in [0.15, 0.2) is 29.1 Å². The lowest BCUT2D eigenvalue weighted by Crippen LogP contribution is -2.22. The van der Waals surface area contributed by atoms with Gasteiger partial charge in [-0.1, -0.05) is 109 Å². The van der Waals surface area contributed by atoms with Crippen LogP contribution in [0.5, 0.6) is 17.2 Å². The van der Waals surface area contributed by atoms with Crippen LogP contribution in [0.25, 0.3) is 79.2 Å². The smallest absolute Gasteiger partial charge is 0.181 e. The number of amidine groups is 1. The van der Waals surface area contributed by atoms with Crippen molar-refractivity contribution in [1.82, 2.24) is 46.0 Å². The third-order valence-corrected chi connectivity index (χ3v) is 10.7. The van der Waals surface area contributed by atoms with Gasteiger partial charge in [0.1, 0.15) is 17.2 Å². The highest BCUT2D eigenvalue weighted by atomic mass is 16.5. The Bertz CT molecular complexity index is 3010. The normalized spacial score (nSPS) is 11.9. The van der Waals surface area contributed by atoms with Gasteiger partial charge in [-0.05, 0) is 59.5 Å². The number of H-pyrrole nitrogens is 3. The topological polar surface area (TPSA) is 190 Å². The average Bonchev–Trinajstić information content (AvgIpc) is 4.16. The highest BCUT2D eigenvalue weighted by Crippen LogP contribution is 2.37. The van der Waals surface area contributed by atoms with Gasteiger partial charge >= 0.3 is 0 Å². The number of aromatic amines is 3. The van der Waals surface area contributed by atoms with Crippen molar-refractivity contribution in [2.45, 2.75) is 13.0 Å². The SMILES string of the molecule is COc1cc(OC)c(-c2nc(-c3ccccc3)n[nH]2)cc1/C(N)=N/NC(C)c1ccc(-c2ccc(-c3cc(-c4ccc(OC)c(-c5nc(-c6ccccc6)n[nH]5)c4)n[nH]3)cc2)cc1. The van der Waals surface area contributed by atoms with Crippen molar-refractivity contribution in [1.29, 1.82) is 0 Å². The van der Waals surface area contributed by atoms with E-state index in [-0.39, 0.29) is 11.9 Å². The van der Waals surface area contributed by atoms with Crippen LogP contribution < -0.4 is 25.4 Å². The summed E-state index contributed by atoms with van der Waals surface area (Å²) in [5.41, 5.74) is 20.4. The Morgan fingerprint density at radius 3 is 1.67 bits per heavy atom. The van der Waals surface area contributed by atoms with Crippen LogP contribution >= 0.6 is 0 Å². The summed E-state index contributed by atoms with van der Waals surface area (Å²) in [4.78, 5) is 9.46. The van der Waals surface area contributed by atoms with E-state index in [1.165, 1.54) is 0 Å². The van der Waals surface area contributed by atoms with Gasteiger partial charge in [0.05, 0.1) is 55.4 Å². The number of nitrogens with one attached hydrogen (secondary N) is 4. The Morgan fingerprint density at radius 2 is 1.08 bits per heavy atom. The molecule has 0 spiro atoms. The van der Waals surface area contributed by atoms with E-state index in [0.717, 1.165) is 55.9 Å². The summed E-state index contributed by atoms with van der Waals surface area (Å²) in [5.74, 6) is 4.29. The molecule has 0 saturated heterocycles. The van der Waals surface area contributed by atoms with Gasteiger partial charge in [0, 0.05) is 22.8 Å². The first-order chi connectivity index (χ1) is 30.9. The summed E-state index contributed by atoms with van der Waals surface area (Å²) >= 11 is 0. The molecule has 1 unspecified atom stereocenters. The Balaban J connectivity index is 0.870. The predicted octanol–water partition coefficient (Wildman–Crippen LogP) is 9.31. The second kappa shape index (κ2) is 17.6. The molecule has 0 fully saturated rings. The highest BCUT2D eigenvalue weighted by Gasteiger charge is 2.20. The van der Waals surface area contributed by atoms with Crippen molar-refractivity contribution in [3.8, 4) is 96.4 Å². The van der Waals surface area contributed by atoms with Crippen LogP contribution in [0.4, 0.5) is 0 Å². The summed E-state index contributed by atoms with van der Waals surface area (Å²) in [5, 5.41) is 27.4. The van der Waals surface area contributed by atoms with Gasteiger partial charge < -0.3 is 25.4 Å². The first-order valence-corrected chi connectivity index (χ1v) is 20.1. The number of aromatic nitrogens is 8. The molecule has 6 aromatic carbocycles. The van der Waals surface area contributed by atoms with Crippen molar-refractivity contribution in [2.24, 2.45) is 10.8 Å². The number of nitrogens with two attached hydrogens (primary N) is 1. The van der Waals surface area contributed by atoms with Crippen LogP contribution in [-0.2, 0) is 0 Å². The molecule has 9 aromatic rings. The minimum Gasteiger partial charge on any atom is -0.496 e. The molecule has 312 valence electrons. The fourth-order valence-electron chi connectivity index (χ4n) is 7.26. The number of hydrogen-bond acceptors (Lipinski definition) is 10. The summed E-state index contributed by atoms with van der Waals surface area (Å²) in [6.45, 7) is 2.03. The molecule has 0 radical (unpaired) electrons. The summed E-state index contributed by atoms with van der Waals surface area (Å²) in [6, 6.07) is 47.7.